The first-order valence-electron chi connectivity index (χ1n) is 7.62. The monoisotopic (exact) mass is 285 g/mol. The minimum absolute atomic E-state index is 0.126. The Morgan fingerprint density at radius 3 is 2.95 bits per heavy atom. The first-order valence-corrected chi connectivity index (χ1v) is 7.62. The largest absolute Gasteiger partial charge is 0.433 e. The maximum Gasteiger partial charge on any atom is 0.287 e. The minimum Gasteiger partial charge on any atom is -0.433 e. The van der Waals surface area contributed by atoms with Gasteiger partial charge in [0, 0.05) is 23.7 Å². The summed E-state index contributed by atoms with van der Waals surface area (Å²) in [4.78, 5) is 19.0. The number of rotatable bonds is 2. The molecule has 5 heteroatoms. The summed E-state index contributed by atoms with van der Waals surface area (Å²) in [6.45, 7) is 4.52. The highest BCUT2D eigenvalue weighted by atomic mass is 16.4. The fraction of sp³-hybridized carbons (Fsp3) is 0.500. The van der Waals surface area contributed by atoms with E-state index in [-0.39, 0.29) is 11.9 Å². The van der Waals surface area contributed by atoms with Crippen LogP contribution in [0.15, 0.2) is 28.8 Å². The molecule has 21 heavy (non-hydrogen) atoms. The Kier molecular flexibility index (Phi) is 2.96. The molecule has 2 unspecified atom stereocenters. The topological polar surface area (TPSA) is 58.4 Å². The smallest absolute Gasteiger partial charge is 0.287 e. The second-order valence-corrected chi connectivity index (χ2v) is 6.12. The first-order chi connectivity index (χ1) is 10.2. The molecule has 2 atom stereocenters. The number of nitrogens with zero attached hydrogens (tertiary/aromatic N) is 2. The van der Waals surface area contributed by atoms with Crippen LogP contribution in [0.5, 0.6) is 0 Å². The van der Waals surface area contributed by atoms with Crippen LogP contribution in [0.25, 0.3) is 11.1 Å². The SMILES string of the molecule is CC1C(NC(=O)c2cc3cccnc3o2)C2CCN1CC2. The van der Waals surface area contributed by atoms with Gasteiger partial charge in [-0.05, 0) is 57.0 Å². The molecule has 5 heterocycles. The number of hydrogen-bond acceptors (Lipinski definition) is 4. The molecule has 1 amide bonds. The van der Waals surface area contributed by atoms with Crippen LogP contribution in [0, 0.1) is 5.92 Å². The maximum absolute atomic E-state index is 12.5. The van der Waals surface area contributed by atoms with Gasteiger partial charge in [0.25, 0.3) is 5.91 Å². The number of fused-ring (bicyclic) bond motifs is 4. The van der Waals surface area contributed by atoms with Crippen LogP contribution in [0.1, 0.15) is 30.3 Å². The number of amides is 1. The Balaban J connectivity index is 1.55. The molecule has 3 aliphatic heterocycles. The second-order valence-electron chi connectivity index (χ2n) is 6.12. The molecule has 0 aliphatic carbocycles. The van der Waals surface area contributed by atoms with E-state index in [1.165, 1.54) is 12.8 Å². The summed E-state index contributed by atoms with van der Waals surface area (Å²) in [7, 11) is 0. The van der Waals surface area contributed by atoms with Crippen molar-refractivity contribution in [3.8, 4) is 0 Å². The number of furan rings is 1. The third kappa shape index (κ3) is 2.12. The molecule has 5 nitrogen and oxygen atoms in total. The van der Waals surface area contributed by atoms with Crippen LogP contribution in [0.3, 0.4) is 0 Å². The Hall–Kier alpha value is -1.88. The Bertz CT molecular complexity index is 638. The van der Waals surface area contributed by atoms with Gasteiger partial charge in [-0.3, -0.25) is 9.69 Å². The molecule has 0 radical (unpaired) electrons. The molecule has 2 bridgehead atoms. The molecule has 2 aromatic rings. The van der Waals surface area contributed by atoms with Crippen molar-refractivity contribution in [2.24, 2.45) is 5.92 Å². The van der Waals surface area contributed by atoms with E-state index in [1.807, 2.05) is 12.1 Å². The summed E-state index contributed by atoms with van der Waals surface area (Å²) in [6.07, 6.45) is 4.02. The van der Waals surface area contributed by atoms with Gasteiger partial charge in [-0.2, -0.15) is 0 Å². The van der Waals surface area contributed by atoms with Gasteiger partial charge in [-0.25, -0.2) is 4.98 Å². The zero-order chi connectivity index (χ0) is 14.4. The zero-order valence-corrected chi connectivity index (χ0v) is 12.1. The minimum atomic E-state index is -0.126. The molecule has 3 aliphatic rings. The molecule has 5 rings (SSSR count). The summed E-state index contributed by atoms with van der Waals surface area (Å²) >= 11 is 0. The van der Waals surface area contributed by atoms with E-state index in [4.69, 9.17) is 4.42 Å². The van der Waals surface area contributed by atoms with E-state index < -0.39 is 0 Å². The average molecular weight is 285 g/mol. The van der Waals surface area contributed by atoms with Crippen molar-refractivity contribution < 1.29 is 9.21 Å². The number of nitrogens with one attached hydrogen (secondary N) is 1. The van der Waals surface area contributed by atoms with Gasteiger partial charge in [-0.1, -0.05) is 0 Å². The van der Waals surface area contributed by atoms with Crippen molar-refractivity contribution >= 4 is 17.0 Å². The number of aromatic nitrogens is 1. The molecular formula is C16H19N3O2. The molecule has 0 spiro atoms. The summed E-state index contributed by atoms with van der Waals surface area (Å²) in [5, 5.41) is 4.04. The van der Waals surface area contributed by atoms with E-state index in [1.54, 1.807) is 12.3 Å². The third-order valence-electron chi connectivity index (χ3n) is 4.99. The van der Waals surface area contributed by atoms with E-state index in [0.717, 1.165) is 18.5 Å². The van der Waals surface area contributed by atoms with Gasteiger partial charge in [-0.15, -0.1) is 0 Å². The maximum atomic E-state index is 12.5. The molecular weight excluding hydrogens is 266 g/mol. The van der Waals surface area contributed by atoms with Crippen molar-refractivity contribution in [3.05, 3.63) is 30.2 Å². The fourth-order valence-electron chi connectivity index (χ4n) is 3.75. The van der Waals surface area contributed by atoms with Crippen molar-refractivity contribution in [1.82, 2.24) is 15.2 Å². The number of piperidine rings is 3. The van der Waals surface area contributed by atoms with Gasteiger partial charge in [0.15, 0.2) is 5.76 Å². The van der Waals surface area contributed by atoms with Crippen molar-refractivity contribution in [1.29, 1.82) is 0 Å². The van der Waals surface area contributed by atoms with Gasteiger partial charge in [0.05, 0.1) is 0 Å². The van der Waals surface area contributed by atoms with E-state index in [2.05, 4.69) is 22.1 Å². The quantitative estimate of drug-likeness (QED) is 0.917. The number of pyridine rings is 1. The summed E-state index contributed by atoms with van der Waals surface area (Å²) < 4.78 is 5.55. The zero-order valence-electron chi connectivity index (χ0n) is 12.1. The number of hydrogen-bond donors (Lipinski definition) is 1. The molecule has 0 saturated carbocycles. The van der Waals surface area contributed by atoms with Crippen LogP contribution in [0.2, 0.25) is 0 Å². The van der Waals surface area contributed by atoms with Gasteiger partial charge < -0.3 is 9.73 Å². The van der Waals surface area contributed by atoms with E-state index in [0.29, 0.717) is 23.4 Å². The van der Waals surface area contributed by atoms with Crippen LogP contribution in [-0.4, -0.2) is 41.0 Å². The number of carbonyl (C=O) groups excluding carboxylic acids is 1. The van der Waals surface area contributed by atoms with Gasteiger partial charge in [0.1, 0.15) is 0 Å². The lowest BCUT2D eigenvalue weighted by Crippen LogP contribution is -2.62. The van der Waals surface area contributed by atoms with Crippen LogP contribution < -0.4 is 5.32 Å². The Labute approximate surface area is 123 Å². The summed E-state index contributed by atoms with van der Waals surface area (Å²) in [5.74, 6) is 0.822. The normalized spacial score (nSPS) is 31.5. The van der Waals surface area contributed by atoms with Crippen molar-refractivity contribution in [2.75, 3.05) is 13.1 Å². The van der Waals surface area contributed by atoms with Crippen LogP contribution >= 0.6 is 0 Å². The highest BCUT2D eigenvalue weighted by molar-refractivity contribution is 5.95. The highest BCUT2D eigenvalue weighted by Crippen LogP contribution is 2.32. The lowest BCUT2D eigenvalue weighted by Gasteiger charge is -2.49. The predicted octanol–water partition coefficient (Wildman–Crippen LogP) is 2.04. The van der Waals surface area contributed by atoms with E-state index in [9.17, 15) is 4.79 Å². The average Bonchev–Trinajstić information content (AvgIpc) is 2.95. The highest BCUT2D eigenvalue weighted by Gasteiger charge is 2.40. The van der Waals surface area contributed by atoms with Crippen molar-refractivity contribution in [2.45, 2.75) is 31.8 Å². The van der Waals surface area contributed by atoms with Crippen LogP contribution in [0.4, 0.5) is 0 Å². The van der Waals surface area contributed by atoms with Gasteiger partial charge >= 0.3 is 0 Å². The molecule has 0 aromatic carbocycles. The Morgan fingerprint density at radius 1 is 1.43 bits per heavy atom. The molecule has 3 fully saturated rings. The van der Waals surface area contributed by atoms with E-state index >= 15 is 0 Å². The van der Waals surface area contributed by atoms with Crippen molar-refractivity contribution in [3.63, 3.8) is 0 Å². The fourth-order valence-corrected chi connectivity index (χ4v) is 3.75. The van der Waals surface area contributed by atoms with Crippen LogP contribution in [-0.2, 0) is 0 Å². The molecule has 3 saturated heterocycles. The first kappa shape index (κ1) is 12.8. The summed E-state index contributed by atoms with van der Waals surface area (Å²) in [5.41, 5.74) is 0.518. The second kappa shape index (κ2) is 4.84. The van der Waals surface area contributed by atoms with Gasteiger partial charge in [0.2, 0.25) is 5.71 Å². The molecule has 1 N–H and O–H groups in total. The lowest BCUT2D eigenvalue weighted by atomic mass is 9.79. The molecule has 110 valence electrons. The summed E-state index contributed by atoms with van der Waals surface area (Å²) in [6, 6.07) is 6.14. The number of carbonyl (C=O) groups is 1. The lowest BCUT2D eigenvalue weighted by molar-refractivity contribution is 0.0212. The molecule has 2 aromatic heterocycles. The third-order valence-corrected chi connectivity index (χ3v) is 4.99. The standard InChI is InChI=1S/C16H19N3O2/c1-10-14(11-4-7-19(10)8-5-11)18-15(20)13-9-12-3-2-6-17-16(12)21-13/h2-3,6,9-11,14H,4-5,7-8H2,1H3,(H,18,20). The predicted molar refractivity (Wildman–Crippen MR) is 79.0 cm³/mol. The Morgan fingerprint density at radius 2 is 2.24 bits per heavy atom.